The van der Waals surface area contributed by atoms with Crippen LogP contribution in [0, 0.1) is 6.92 Å². The first kappa shape index (κ1) is 16.0. The van der Waals surface area contributed by atoms with E-state index in [0.717, 1.165) is 55.0 Å². The van der Waals surface area contributed by atoms with Gasteiger partial charge in [0.1, 0.15) is 11.6 Å². The van der Waals surface area contributed by atoms with Gasteiger partial charge in [-0.3, -0.25) is 9.69 Å². The summed E-state index contributed by atoms with van der Waals surface area (Å²) in [7, 11) is 2.08. The Hall–Kier alpha value is -2.47. The van der Waals surface area contributed by atoms with Gasteiger partial charge in [0.15, 0.2) is 0 Å². The van der Waals surface area contributed by atoms with Crippen LogP contribution in [0.5, 0.6) is 0 Å². The van der Waals surface area contributed by atoms with Gasteiger partial charge in [0, 0.05) is 25.6 Å². The number of nitrogens with zero attached hydrogens (tertiary/aromatic N) is 4. The first-order chi connectivity index (χ1) is 12.1. The zero-order valence-electron chi connectivity index (χ0n) is 14.7. The second kappa shape index (κ2) is 6.44. The molecule has 1 saturated heterocycles. The van der Waals surface area contributed by atoms with Gasteiger partial charge in [-0.05, 0) is 38.4 Å². The number of benzene rings is 1. The minimum atomic E-state index is -0.0602. The van der Waals surface area contributed by atoms with E-state index in [1.165, 1.54) is 0 Å². The van der Waals surface area contributed by atoms with E-state index < -0.39 is 0 Å². The van der Waals surface area contributed by atoms with Gasteiger partial charge in [0.05, 0.1) is 23.3 Å². The van der Waals surface area contributed by atoms with Crippen molar-refractivity contribution in [2.24, 2.45) is 7.05 Å². The van der Waals surface area contributed by atoms with Crippen molar-refractivity contribution < 1.29 is 0 Å². The third kappa shape index (κ3) is 3.22. The van der Waals surface area contributed by atoms with Crippen LogP contribution in [0.4, 0.5) is 0 Å². The molecule has 1 aromatic carbocycles. The maximum Gasteiger partial charge on any atom is 0.251 e. The molecule has 0 aliphatic carbocycles. The van der Waals surface area contributed by atoms with Gasteiger partial charge in [-0.25, -0.2) is 9.97 Å². The SMILES string of the molecule is Cc1nc([C@@H]2CCCN(Cc3nc4ccccc4n3C)C2)cc(=O)[nH]1. The van der Waals surface area contributed by atoms with E-state index in [-0.39, 0.29) is 5.56 Å². The van der Waals surface area contributed by atoms with E-state index in [1.807, 2.05) is 19.1 Å². The molecule has 1 fully saturated rings. The molecular weight excluding hydrogens is 314 g/mol. The lowest BCUT2D eigenvalue weighted by atomic mass is 9.94. The van der Waals surface area contributed by atoms with Crippen LogP contribution in [0.3, 0.4) is 0 Å². The number of hydrogen-bond donors (Lipinski definition) is 1. The molecule has 3 heterocycles. The summed E-state index contributed by atoms with van der Waals surface area (Å²) in [6, 6.07) is 9.88. The van der Waals surface area contributed by atoms with Crippen molar-refractivity contribution in [3.8, 4) is 0 Å². The number of nitrogens with one attached hydrogen (secondary N) is 1. The summed E-state index contributed by atoms with van der Waals surface area (Å²) in [6.45, 7) is 4.63. The molecule has 4 rings (SSSR count). The summed E-state index contributed by atoms with van der Waals surface area (Å²) < 4.78 is 2.18. The molecular formula is C19H23N5O. The molecule has 1 N–H and O–H groups in total. The average molecular weight is 337 g/mol. The number of hydrogen-bond acceptors (Lipinski definition) is 4. The second-order valence-corrected chi connectivity index (χ2v) is 6.91. The molecule has 130 valence electrons. The van der Waals surface area contributed by atoms with Crippen LogP contribution in [0.1, 0.15) is 36.1 Å². The fourth-order valence-corrected chi connectivity index (χ4v) is 3.79. The number of piperidine rings is 1. The second-order valence-electron chi connectivity index (χ2n) is 6.91. The van der Waals surface area contributed by atoms with E-state index in [2.05, 4.69) is 38.6 Å². The Kier molecular flexibility index (Phi) is 4.13. The highest BCUT2D eigenvalue weighted by molar-refractivity contribution is 5.75. The Balaban J connectivity index is 1.54. The molecule has 3 aromatic rings. The van der Waals surface area contributed by atoms with Gasteiger partial charge in [0.25, 0.3) is 5.56 Å². The van der Waals surface area contributed by atoms with E-state index in [0.29, 0.717) is 11.7 Å². The highest BCUT2D eigenvalue weighted by Gasteiger charge is 2.24. The number of H-pyrrole nitrogens is 1. The summed E-state index contributed by atoms with van der Waals surface area (Å²) in [4.78, 5) is 26.2. The van der Waals surface area contributed by atoms with Gasteiger partial charge >= 0.3 is 0 Å². The number of rotatable bonds is 3. The summed E-state index contributed by atoms with van der Waals surface area (Å²) in [6.07, 6.45) is 2.19. The first-order valence-electron chi connectivity index (χ1n) is 8.81. The van der Waals surface area contributed by atoms with Gasteiger partial charge in [-0.15, -0.1) is 0 Å². The predicted octanol–water partition coefficient (Wildman–Crippen LogP) is 2.34. The molecule has 6 nitrogen and oxygen atoms in total. The molecule has 6 heteroatoms. The molecule has 0 spiro atoms. The summed E-state index contributed by atoms with van der Waals surface area (Å²) in [5.41, 5.74) is 3.06. The van der Waals surface area contributed by atoms with Crippen molar-refractivity contribution in [3.63, 3.8) is 0 Å². The Morgan fingerprint density at radius 1 is 1.28 bits per heavy atom. The molecule has 25 heavy (non-hydrogen) atoms. The average Bonchev–Trinajstić information content (AvgIpc) is 2.91. The van der Waals surface area contributed by atoms with Gasteiger partial charge in [-0.1, -0.05) is 12.1 Å². The zero-order valence-corrected chi connectivity index (χ0v) is 14.7. The Morgan fingerprint density at radius 3 is 2.92 bits per heavy atom. The van der Waals surface area contributed by atoms with E-state index in [1.54, 1.807) is 6.07 Å². The lowest BCUT2D eigenvalue weighted by Gasteiger charge is -2.32. The van der Waals surface area contributed by atoms with Crippen molar-refractivity contribution in [3.05, 3.63) is 58.0 Å². The van der Waals surface area contributed by atoms with Crippen LogP contribution in [-0.4, -0.2) is 37.5 Å². The molecule has 1 aliphatic heterocycles. The molecule has 0 bridgehead atoms. The molecule has 1 atom stereocenters. The molecule has 2 aromatic heterocycles. The molecule has 1 aliphatic rings. The predicted molar refractivity (Wildman–Crippen MR) is 97.6 cm³/mol. The smallest absolute Gasteiger partial charge is 0.251 e. The number of para-hydroxylation sites is 2. The highest BCUT2D eigenvalue weighted by atomic mass is 16.1. The first-order valence-corrected chi connectivity index (χ1v) is 8.81. The number of imidazole rings is 1. The van der Waals surface area contributed by atoms with Crippen LogP contribution in [0.2, 0.25) is 0 Å². The molecule has 0 radical (unpaired) electrons. The third-order valence-corrected chi connectivity index (χ3v) is 5.05. The van der Waals surface area contributed by atoms with Crippen molar-refractivity contribution in [1.82, 2.24) is 24.4 Å². The largest absolute Gasteiger partial charge is 0.330 e. The number of likely N-dealkylation sites (tertiary alicyclic amines) is 1. The topological polar surface area (TPSA) is 66.8 Å². The Labute approximate surface area is 146 Å². The number of fused-ring (bicyclic) bond motifs is 1. The summed E-state index contributed by atoms with van der Waals surface area (Å²) in [5.74, 6) is 2.08. The van der Waals surface area contributed by atoms with Gasteiger partial charge < -0.3 is 9.55 Å². The van der Waals surface area contributed by atoms with Crippen LogP contribution in [0.25, 0.3) is 11.0 Å². The van der Waals surface area contributed by atoms with Crippen molar-refractivity contribution >= 4 is 11.0 Å². The number of aryl methyl sites for hydroxylation is 2. The normalized spacial score (nSPS) is 18.7. The monoisotopic (exact) mass is 337 g/mol. The minimum absolute atomic E-state index is 0.0602. The van der Waals surface area contributed by atoms with Crippen molar-refractivity contribution in [2.45, 2.75) is 32.2 Å². The highest BCUT2D eigenvalue weighted by Crippen LogP contribution is 2.26. The maximum absolute atomic E-state index is 11.7. The summed E-state index contributed by atoms with van der Waals surface area (Å²) >= 11 is 0. The quantitative estimate of drug-likeness (QED) is 0.797. The maximum atomic E-state index is 11.7. The fraction of sp³-hybridized carbons (Fsp3) is 0.421. The molecule has 0 amide bonds. The molecule has 0 saturated carbocycles. The van der Waals surface area contributed by atoms with E-state index in [9.17, 15) is 4.79 Å². The van der Waals surface area contributed by atoms with Crippen molar-refractivity contribution in [2.75, 3.05) is 13.1 Å². The van der Waals surface area contributed by atoms with Crippen LogP contribution >= 0.6 is 0 Å². The van der Waals surface area contributed by atoms with E-state index in [4.69, 9.17) is 4.98 Å². The summed E-state index contributed by atoms with van der Waals surface area (Å²) in [5, 5.41) is 0. The lowest BCUT2D eigenvalue weighted by Crippen LogP contribution is -2.35. The molecule has 0 unspecified atom stereocenters. The van der Waals surface area contributed by atoms with Crippen LogP contribution in [-0.2, 0) is 13.6 Å². The minimum Gasteiger partial charge on any atom is -0.330 e. The van der Waals surface area contributed by atoms with Crippen LogP contribution in [0.15, 0.2) is 35.1 Å². The Morgan fingerprint density at radius 2 is 2.12 bits per heavy atom. The lowest BCUT2D eigenvalue weighted by molar-refractivity contribution is 0.192. The Bertz CT molecular complexity index is 958. The van der Waals surface area contributed by atoms with Crippen LogP contribution < -0.4 is 5.56 Å². The van der Waals surface area contributed by atoms with E-state index >= 15 is 0 Å². The van der Waals surface area contributed by atoms with Gasteiger partial charge in [-0.2, -0.15) is 0 Å². The van der Waals surface area contributed by atoms with Gasteiger partial charge in [0.2, 0.25) is 0 Å². The number of aromatic amines is 1. The standard InChI is InChI=1S/C19H23N5O/c1-13-20-16(10-19(25)21-13)14-6-5-9-24(11-14)12-18-22-15-7-3-4-8-17(15)23(18)2/h3-4,7-8,10,14H,5-6,9,11-12H2,1-2H3,(H,20,21,25)/t14-/m1/s1. The van der Waals surface area contributed by atoms with Crippen molar-refractivity contribution in [1.29, 1.82) is 0 Å². The number of aromatic nitrogens is 4. The zero-order chi connectivity index (χ0) is 17.4. The fourth-order valence-electron chi connectivity index (χ4n) is 3.79. The third-order valence-electron chi connectivity index (χ3n) is 5.05.